The van der Waals surface area contributed by atoms with Gasteiger partial charge in [-0.3, -0.25) is 5.43 Å². The number of piperazine rings is 1. The lowest BCUT2D eigenvalue weighted by Crippen LogP contribution is -3.12. The molecule has 0 saturated carbocycles. The van der Waals surface area contributed by atoms with Gasteiger partial charge in [-0.2, -0.15) is 0 Å². The van der Waals surface area contributed by atoms with Crippen LogP contribution in [0.1, 0.15) is 0 Å². The van der Waals surface area contributed by atoms with Crippen molar-refractivity contribution in [3.8, 4) is 0 Å². The van der Waals surface area contributed by atoms with Crippen molar-refractivity contribution in [3.63, 3.8) is 0 Å². The van der Waals surface area contributed by atoms with Gasteiger partial charge in [0.25, 0.3) is 0 Å². The Hall–Kier alpha value is -1.79. The van der Waals surface area contributed by atoms with Gasteiger partial charge in [0.05, 0.1) is 33.2 Å². The fourth-order valence-corrected chi connectivity index (χ4v) is 2.07. The zero-order chi connectivity index (χ0) is 13.0. The van der Waals surface area contributed by atoms with Crippen molar-refractivity contribution in [2.75, 3.05) is 43.4 Å². The monoisotopic (exact) mass is 250 g/mol. The first-order valence-electron chi connectivity index (χ1n) is 6.13. The van der Waals surface area contributed by atoms with Crippen molar-refractivity contribution in [1.29, 1.82) is 0 Å². The first kappa shape index (κ1) is 12.7. The normalized spacial score (nSPS) is 16.4. The standard InChI is InChI=1S/C12H19N5O/c1-16-6-8-17(9-7-16)11-4-2-10(3-5-11)14-12(18)15-13/h2-5H,6-9,13H2,1H3,(H2,14,15,18)/p+1. The lowest BCUT2D eigenvalue weighted by Gasteiger charge is -2.31. The van der Waals surface area contributed by atoms with E-state index in [0.29, 0.717) is 0 Å². The number of hydrazine groups is 1. The number of nitrogens with one attached hydrogen (secondary N) is 3. The molecule has 1 heterocycles. The van der Waals surface area contributed by atoms with Gasteiger partial charge in [0.2, 0.25) is 0 Å². The average Bonchev–Trinajstić information content (AvgIpc) is 2.40. The molecule has 1 saturated heterocycles. The van der Waals surface area contributed by atoms with Crippen LogP contribution in [0.2, 0.25) is 0 Å². The summed E-state index contributed by atoms with van der Waals surface area (Å²) in [7, 11) is 2.22. The molecule has 6 heteroatoms. The predicted octanol–water partition coefficient (Wildman–Crippen LogP) is -0.983. The minimum Gasteiger partial charge on any atom is -0.360 e. The van der Waals surface area contributed by atoms with E-state index in [1.165, 1.54) is 5.69 Å². The molecule has 1 aliphatic rings. The van der Waals surface area contributed by atoms with Gasteiger partial charge in [-0.25, -0.2) is 10.6 Å². The molecule has 1 aromatic carbocycles. The maximum absolute atomic E-state index is 11.0. The van der Waals surface area contributed by atoms with E-state index in [1.807, 2.05) is 29.7 Å². The molecule has 2 amide bonds. The van der Waals surface area contributed by atoms with Gasteiger partial charge in [-0.1, -0.05) is 0 Å². The number of quaternary nitrogens is 1. The van der Waals surface area contributed by atoms with Crippen LogP contribution in [0.4, 0.5) is 16.2 Å². The topological polar surface area (TPSA) is 74.8 Å². The Morgan fingerprint density at radius 1 is 1.28 bits per heavy atom. The van der Waals surface area contributed by atoms with E-state index < -0.39 is 6.03 Å². The molecular weight excluding hydrogens is 230 g/mol. The van der Waals surface area contributed by atoms with Crippen LogP contribution in [0.3, 0.4) is 0 Å². The summed E-state index contributed by atoms with van der Waals surface area (Å²) < 4.78 is 0. The van der Waals surface area contributed by atoms with Crippen LogP contribution < -0.4 is 26.4 Å². The van der Waals surface area contributed by atoms with Crippen molar-refractivity contribution in [3.05, 3.63) is 24.3 Å². The molecule has 0 radical (unpaired) electrons. The molecule has 0 atom stereocenters. The van der Waals surface area contributed by atoms with Crippen LogP contribution in [0, 0.1) is 0 Å². The zero-order valence-corrected chi connectivity index (χ0v) is 10.6. The number of anilines is 2. The second kappa shape index (κ2) is 5.70. The number of carbonyl (C=O) groups is 1. The van der Waals surface area contributed by atoms with Crippen molar-refractivity contribution >= 4 is 17.4 Å². The van der Waals surface area contributed by atoms with Gasteiger partial charge in [0.1, 0.15) is 0 Å². The van der Waals surface area contributed by atoms with E-state index in [2.05, 4.69) is 17.3 Å². The second-order valence-electron chi connectivity index (χ2n) is 4.59. The van der Waals surface area contributed by atoms with E-state index in [4.69, 9.17) is 5.84 Å². The maximum Gasteiger partial charge on any atom is 0.333 e. The van der Waals surface area contributed by atoms with Crippen molar-refractivity contribution in [2.45, 2.75) is 0 Å². The Balaban J connectivity index is 1.97. The number of hydrogen-bond donors (Lipinski definition) is 4. The van der Waals surface area contributed by atoms with Crippen LogP contribution in [-0.4, -0.2) is 39.3 Å². The Morgan fingerprint density at radius 2 is 1.89 bits per heavy atom. The highest BCUT2D eigenvalue weighted by molar-refractivity contribution is 5.88. The summed E-state index contributed by atoms with van der Waals surface area (Å²) in [6.45, 7) is 4.47. The summed E-state index contributed by atoms with van der Waals surface area (Å²) in [5.74, 6) is 5.01. The van der Waals surface area contributed by atoms with Crippen LogP contribution in [0.25, 0.3) is 0 Å². The molecule has 1 aromatic rings. The SMILES string of the molecule is C[NH+]1CCN(c2ccc(NC(=O)NN)cc2)CC1. The number of likely N-dealkylation sites (N-methyl/N-ethyl adjacent to an activating group) is 1. The van der Waals surface area contributed by atoms with E-state index in [9.17, 15) is 4.79 Å². The van der Waals surface area contributed by atoms with Gasteiger partial charge in [-0.15, -0.1) is 0 Å². The Labute approximate surface area is 107 Å². The van der Waals surface area contributed by atoms with Gasteiger partial charge >= 0.3 is 6.03 Å². The van der Waals surface area contributed by atoms with Crippen LogP contribution in [-0.2, 0) is 0 Å². The summed E-state index contributed by atoms with van der Waals surface area (Å²) in [6, 6.07) is 7.40. The molecule has 2 rings (SSSR count). The number of nitrogens with zero attached hydrogens (tertiary/aromatic N) is 1. The third-order valence-corrected chi connectivity index (χ3v) is 3.24. The maximum atomic E-state index is 11.0. The van der Waals surface area contributed by atoms with Crippen molar-refractivity contribution in [1.82, 2.24) is 5.43 Å². The third-order valence-electron chi connectivity index (χ3n) is 3.24. The van der Waals surface area contributed by atoms with E-state index in [0.717, 1.165) is 31.9 Å². The number of hydrogen-bond acceptors (Lipinski definition) is 3. The zero-order valence-electron chi connectivity index (χ0n) is 10.6. The molecule has 6 nitrogen and oxygen atoms in total. The molecule has 1 fully saturated rings. The van der Waals surface area contributed by atoms with Gasteiger partial charge in [0.15, 0.2) is 0 Å². The van der Waals surface area contributed by atoms with Crippen molar-refractivity contribution < 1.29 is 9.69 Å². The van der Waals surface area contributed by atoms with Gasteiger partial charge in [-0.05, 0) is 24.3 Å². The molecule has 0 aliphatic carbocycles. The van der Waals surface area contributed by atoms with Crippen LogP contribution in [0.15, 0.2) is 24.3 Å². The van der Waals surface area contributed by atoms with Gasteiger partial charge < -0.3 is 15.1 Å². The first-order valence-corrected chi connectivity index (χ1v) is 6.13. The van der Waals surface area contributed by atoms with Crippen molar-refractivity contribution in [2.24, 2.45) is 5.84 Å². The predicted molar refractivity (Wildman–Crippen MR) is 71.6 cm³/mol. The summed E-state index contributed by atoms with van der Waals surface area (Å²) in [6.07, 6.45) is 0. The highest BCUT2D eigenvalue weighted by Gasteiger charge is 2.16. The third kappa shape index (κ3) is 3.12. The fourth-order valence-electron chi connectivity index (χ4n) is 2.07. The van der Waals surface area contributed by atoms with Crippen LogP contribution >= 0.6 is 0 Å². The second-order valence-corrected chi connectivity index (χ2v) is 4.59. The van der Waals surface area contributed by atoms with Crippen LogP contribution in [0.5, 0.6) is 0 Å². The summed E-state index contributed by atoms with van der Waals surface area (Å²) in [5.41, 5.74) is 3.97. The molecule has 1 aliphatic heterocycles. The number of carbonyl (C=O) groups excluding carboxylic acids is 1. The Bertz CT molecular complexity index is 397. The quantitative estimate of drug-likeness (QED) is 0.309. The minimum atomic E-state index is -0.411. The highest BCUT2D eigenvalue weighted by atomic mass is 16.2. The molecule has 0 unspecified atom stereocenters. The molecule has 0 aromatic heterocycles. The smallest absolute Gasteiger partial charge is 0.333 e. The highest BCUT2D eigenvalue weighted by Crippen LogP contribution is 2.17. The Morgan fingerprint density at radius 3 is 2.44 bits per heavy atom. The molecule has 98 valence electrons. The lowest BCUT2D eigenvalue weighted by atomic mass is 10.2. The fraction of sp³-hybridized carbons (Fsp3) is 0.417. The summed E-state index contributed by atoms with van der Waals surface area (Å²) in [4.78, 5) is 15.0. The molecule has 0 spiro atoms. The lowest BCUT2D eigenvalue weighted by molar-refractivity contribution is -0.880. The molecule has 18 heavy (non-hydrogen) atoms. The number of amides is 2. The average molecular weight is 250 g/mol. The first-order chi connectivity index (χ1) is 8.69. The largest absolute Gasteiger partial charge is 0.360 e. The molecular formula is C12H20N5O+. The van der Waals surface area contributed by atoms with E-state index in [-0.39, 0.29) is 0 Å². The number of nitrogens with two attached hydrogens (primary N) is 1. The Kier molecular flexibility index (Phi) is 4.01. The number of urea groups is 1. The molecule has 5 N–H and O–H groups in total. The van der Waals surface area contributed by atoms with Gasteiger partial charge in [0, 0.05) is 11.4 Å². The van der Waals surface area contributed by atoms with E-state index in [1.54, 1.807) is 4.90 Å². The minimum absolute atomic E-state index is 0.411. The summed E-state index contributed by atoms with van der Waals surface area (Å²) >= 11 is 0. The number of benzene rings is 1. The summed E-state index contributed by atoms with van der Waals surface area (Å²) in [5, 5.41) is 2.63. The molecule has 0 bridgehead atoms. The number of rotatable bonds is 2. The van der Waals surface area contributed by atoms with E-state index >= 15 is 0 Å².